The third-order valence-corrected chi connectivity index (χ3v) is 4.87. The van der Waals surface area contributed by atoms with Crippen LogP contribution < -0.4 is 10.1 Å². The van der Waals surface area contributed by atoms with Crippen molar-refractivity contribution in [3.63, 3.8) is 0 Å². The number of nitrogens with one attached hydrogen (secondary N) is 1. The molecule has 0 spiro atoms. The minimum Gasteiger partial charge on any atom is -0.497 e. The van der Waals surface area contributed by atoms with Crippen molar-refractivity contribution in [1.29, 1.82) is 0 Å². The number of carbonyl (C=O) groups excluding carboxylic acids is 1. The Bertz CT molecular complexity index is 881. The van der Waals surface area contributed by atoms with Crippen molar-refractivity contribution >= 4 is 23.4 Å². The van der Waals surface area contributed by atoms with E-state index in [-0.39, 0.29) is 5.91 Å². The lowest BCUT2D eigenvalue weighted by molar-refractivity contribution is -0.115. The number of ether oxygens (including phenoxy) is 1. The Morgan fingerprint density at radius 1 is 1.15 bits per heavy atom. The summed E-state index contributed by atoms with van der Waals surface area (Å²) in [4.78, 5) is 16.2. The van der Waals surface area contributed by atoms with Crippen molar-refractivity contribution in [3.8, 4) is 17.1 Å². The van der Waals surface area contributed by atoms with Crippen LogP contribution in [-0.2, 0) is 11.3 Å². The molecule has 0 saturated carbocycles. The van der Waals surface area contributed by atoms with Crippen molar-refractivity contribution in [2.45, 2.75) is 25.0 Å². The van der Waals surface area contributed by atoms with E-state index in [1.165, 1.54) is 11.8 Å². The Morgan fingerprint density at radius 2 is 1.89 bits per heavy atom. The molecule has 0 atom stereocenters. The van der Waals surface area contributed by atoms with E-state index in [0.29, 0.717) is 12.2 Å². The first-order valence-electron chi connectivity index (χ1n) is 8.61. The predicted octanol–water partition coefficient (Wildman–Crippen LogP) is 3.49. The monoisotopic (exact) mass is 383 g/mol. The summed E-state index contributed by atoms with van der Waals surface area (Å²) in [6.07, 6.45) is 3.86. The highest BCUT2D eigenvalue weighted by Gasteiger charge is 2.13. The molecule has 0 bridgehead atoms. The molecule has 1 amide bonds. The molecule has 140 valence electrons. The molecule has 0 unspecified atom stereocenters. The fourth-order valence-electron chi connectivity index (χ4n) is 2.53. The number of carbonyl (C=O) groups is 1. The van der Waals surface area contributed by atoms with Gasteiger partial charge in [-0.3, -0.25) is 9.78 Å². The third kappa shape index (κ3) is 4.85. The van der Waals surface area contributed by atoms with Crippen molar-refractivity contribution in [3.05, 3.63) is 48.8 Å². The van der Waals surface area contributed by atoms with Gasteiger partial charge in [0.15, 0.2) is 11.0 Å². The first kappa shape index (κ1) is 18.9. The van der Waals surface area contributed by atoms with Crippen LogP contribution in [0.5, 0.6) is 5.75 Å². The molecule has 2 aromatic heterocycles. The summed E-state index contributed by atoms with van der Waals surface area (Å²) in [7, 11) is 1.61. The molecule has 8 heteroatoms. The average molecular weight is 383 g/mol. The maximum atomic E-state index is 12.1. The zero-order valence-corrected chi connectivity index (χ0v) is 16.1. The standard InChI is InChI=1S/C19H21N5O2S/c1-3-24-18(14-8-11-20-12-9-14)22-23-19(24)27-13-10-17(25)21-15-4-6-16(26-2)7-5-15/h4-9,11-12H,3,10,13H2,1-2H3,(H,21,25). The molecule has 3 aromatic rings. The van der Waals surface area contributed by atoms with Crippen LogP contribution in [0.15, 0.2) is 53.9 Å². The fraction of sp³-hybridized carbons (Fsp3) is 0.263. The predicted molar refractivity (Wildman–Crippen MR) is 106 cm³/mol. The van der Waals surface area contributed by atoms with Crippen molar-refractivity contribution in [2.75, 3.05) is 18.2 Å². The summed E-state index contributed by atoms with van der Waals surface area (Å²) in [5, 5.41) is 12.3. The number of rotatable bonds is 8. The maximum Gasteiger partial charge on any atom is 0.225 e. The van der Waals surface area contributed by atoms with Crippen LogP contribution in [0.1, 0.15) is 13.3 Å². The summed E-state index contributed by atoms with van der Waals surface area (Å²) in [5.41, 5.74) is 1.73. The van der Waals surface area contributed by atoms with Gasteiger partial charge >= 0.3 is 0 Å². The number of anilines is 1. The molecule has 1 N–H and O–H groups in total. The van der Waals surface area contributed by atoms with Gasteiger partial charge in [0.05, 0.1) is 7.11 Å². The van der Waals surface area contributed by atoms with E-state index in [1.807, 2.05) is 41.0 Å². The normalized spacial score (nSPS) is 10.6. The summed E-state index contributed by atoms with van der Waals surface area (Å²) < 4.78 is 7.15. The number of aromatic nitrogens is 4. The molecule has 1 aromatic carbocycles. The number of methoxy groups -OCH3 is 1. The van der Waals surface area contributed by atoms with Gasteiger partial charge in [-0.1, -0.05) is 11.8 Å². The number of thioether (sulfide) groups is 1. The first-order valence-corrected chi connectivity index (χ1v) is 9.60. The minimum absolute atomic E-state index is 0.0374. The van der Waals surface area contributed by atoms with Crippen molar-refractivity contribution in [1.82, 2.24) is 19.7 Å². The van der Waals surface area contributed by atoms with Crippen LogP contribution >= 0.6 is 11.8 Å². The summed E-state index contributed by atoms with van der Waals surface area (Å²) in [6, 6.07) is 11.1. The van der Waals surface area contributed by atoms with Gasteiger partial charge in [-0.05, 0) is 43.3 Å². The van der Waals surface area contributed by atoms with Crippen LogP contribution in [0.2, 0.25) is 0 Å². The highest BCUT2D eigenvalue weighted by Crippen LogP contribution is 2.24. The molecule has 0 fully saturated rings. The molecule has 0 aliphatic heterocycles. The van der Waals surface area contributed by atoms with Crippen LogP contribution in [-0.4, -0.2) is 38.5 Å². The van der Waals surface area contributed by atoms with Gasteiger partial charge in [-0.15, -0.1) is 10.2 Å². The summed E-state index contributed by atoms with van der Waals surface area (Å²) >= 11 is 1.52. The fourth-order valence-corrected chi connectivity index (χ4v) is 3.47. The highest BCUT2D eigenvalue weighted by atomic mass is 32.2. The van der Waals surface area contributed by atoms with Gasteiger partial charge < -0.3 is 14.6 Å². The van der Waals surface area contributed by atoms with Gasteiger partial charge in [-0.25, -0.2) is 0 Å². The first-order chi connectivity index (χ1) is 13.2. The zero-order chi connectivity index (χ0) is 19.1. The topological polar surface area (TPSA) is 81.9 Å². The van der Waals surface area contributed by atoms with E-state index in [2.05, 4.69) is 27.4 Å². The lowest BCUT2D eigenvalue weighted by Gasteiger charge is -2.08. The quantitative estimate of drug-likeness (QED) is 0.600. The molecular formula is C19H21N5O2S. The Balaban J connectivity index is 1.55. The Hall–Kier alpha value is -2.87. The van der Waals surface area contributed by atoms with E-state index in [0.717, 1.165) is 34.5 Å². The lowest BCUT2D eigenvalue weighted by atomic mass is 10.2. The van der Waals surface area contributed by atoms with Gasteiger partial charge in [0.25, 0.3) is 0 Å². The zero-order valence-electron chi connectivity index (χ0n) is 15.3. The molecule has 3 rings (SSSR count). The maximum absolute atomic E-state index is 12.1. The van der Waals surface area contributed by atoms with Crippen LogP contribution in [0.3, 0.4) is 0 Å². The Kier molecular flexibility index (Phi) is 6.43. The number of hydrogen-bond donors (Lipinski definition) is 1. The van der Waals surface area contributed by atoms with E-state index in [1.54, 1.807) is 19.5 Å². The highest BCUT2D eigenvalue weighted by molar-refractivity contribution is 7.99. The van der Waals surface area contributed by atoms with E-state index in [9.17, 15) is 4.79 Å². The number of nitrogens with zero attached hydrogens (tertiary/aromatic N) is 4. The van der Waals surface area contributed by atoms with Crippen LogP contribution in [0.25, 0.3) is 11.4 Å². The van der Waals surface area contributed by atoms with Crippen molar-refractivity contribution < 1.29 is 9.53 Å². The Labute approximate surface area is 162 Å². The summed E-state index contributed by atoms with van der Waals surface area (Å²) in [5.74, 6) is 2.15. The second-order valence-corrected chi connectivity index (χ2v) is 6.72. The molecule has 0 radical (unpaired) electrons. The average Bonchev–Trinajstić information content (AvgIpc) is 3.12. The lowest BCUT2D eigenvalue weighted by Crippen LogP contribution is -2.12. The minimum atomic E-state index is -0.0374. The van der Waals surface area contributed by atoms with E-state index in [4.69, 9.17) is 4.74 Å². The summed E-state index contributed by atoms with van der Waals surface area (Å²) in [6.45, 7) is 2.81. The molecular weight excluding hydrogens is 362 g/mol. The second-order valence-electron chi connectivity index (χ2n) is 5.66. The van der Waals surface area contributed by atoms with Crippen molar-refractivity contribution in [2.24, 2.45) is 0 Å². The second kappa shape index (κ2) is 9.18. The largest absolute Gasteiger partial charge is 0.497 e. The molecule has 0 aliphatic rings. The van der Waals surface area contributed by atoms with Gasteiger partial charge in [0.1, 0.15) is 5.75 Å². The van der Waals surface area contributed by atoms with Gasteiger partial charge in [0, 0.05) is 42.4 Å². The third-order valence-electron chi connectivity index (χ3n) is 3.91. The van der Waals surface area contributed by atoms with Crippen LogP contribution in [0, 0.1) is 0 Å². The number of amides is 1. The molecule has 0 saturated heterocycles. The SMILES string of the molecule is CCn1c(SCCC(=O)Nc2ccc(OC)cc2)nnc1-c1ccncc1. The van der Waals surface area contributed by atoms with E-state index < -0.39 is 0 Å². The van der Waals surface area contributed by atoms with E-state index >= 15 is 0 Å². The van der Waals surface area contributed by atoms with Gasteiger partial charge in [-0.2, -0.15) is 0 Å². The molecule has 0 aliphatic carbocycles. The number of pyridine rings is 1. The smallest absolute Gasteiger partial charge is 0.225 e. The number of hydrogen-bond acceptors (Lipinski definition) is 6. The van der Waals surface area contributed by atoms with Gasteiger partial charge in [0.2, 0.25) is 5.91 Å². The molecule has 7 nitrogen and oxygen atoms in total. The van der Waals surface area contributed by atoms with Crippen LogP contribution in [0.4, 0.5) is 5.69 Å². The Morgan fingerprint density at radius 3 is 2.56 bits per heavy atom. The number of benzene rings is 1. The molecule has 2 heterocycles. The molecule has 27 heavy (non-hydrogen) atoms.